The average molecular weight is 478 g/mol. The van der Waals surface area contributed by atoms with Gasteiger partial charge in [-0.25, -0.2) is 4.98 Å². The van der Waals surface area contributed by atoms with Gasteiger partial charge in [0.25, 0.3) is 17.2 Å². The Labute approximate surface area is 202 Å². The van der Waals surface area contributed by atoms with Gasteiger partial charge in [-0.1, -0.05) is 24.3 Å². The molecule has 0 radical (unpaired) electrons. The van der Waals surface area contributed by atoms with Crippen LogP contribution in [0.2, 0.25) is 0 Å². The molecule has 2 heterocycles. The molecule has 0 bridgehead atoms. The monoisotopic (exact) mass is 477 g/mol. The van der Waals surface area contributed by atoms with Crippen molar-refractivity contribution in [1.82, 2.24) is 19.2 Å². The van der Waals surface area contributed by atoms with Crippen LogP contribution in [0.5, 0.6) is 5.75 Å². The molecule has 2 aromatic heterocycles. The van der Waals surface area contributed by atoms with Crippen molar-refractivity contribution in [2.75, 3.05) is 11.9 Å². The number of ether oxygens (including phenoxy) is 1. The molecule has 8 nitrogen and oxygen atoms in total. The Hall–Kier alpha value is -3.59. The second-order valence-corrected chi connectivity index (χ2v) is 9.25. The summed E-state index contributed by atoms with van der Waals surface area (Å²) >= 11 is 1.49. The number of anilines is 1. The van der Waals surface area contributed by atoms with Crippen LogP contribution >= 0.6 is 11.8 Å². The number of amides is 1. The first kappa shape index (κ1) is 23.6. The zero-order chi connectivity index (χ0) is 24.2. The van der Waals surface area contributed by atoms with Gasteiger partial charge in [-0.3, -0.25) is 14.3 Å². The lowest BCUT2D eigenvalue weighted by molar-refractivity contribution is -0.118. The number of fused-ring (bicyclic) bond motifs is 1. The number of hydrogen-bond acceptors (Lipinski definition) is 6. The molecule has 0 spiro atoms. The van der Waals surface area contributed by atoms with E-state index in [4.69, 9.17) is 4.74 Å². The van der Waals surface area contributed by atoms with Crippen molar-refractivity contribution in [2.24, 2.45) is 0 Å². The summed E-state index contributed by atoms with van der Waals surface area (Å²) in [4.78, 5) is 34.8. The SMILES string of the molecule is Cc1cccc(OCC(=O)Nc2ccccc2SCc2cc(=O)n3c(ncn3C(C)C)n2)c1C. The third-order valence-electron chi connectivity index (χ3n) is 5.43. The highest BCUT2D eigenvalue weighted by Crippen LogP contribution is 2.29. The number of para-hydroxylation sites is 1. The van der Waals surface area contributed by atoms with E-state index in [2.05, 4.69) is 15.3 Å². The van der Waals surface area contributed by atoms with Crippen LogP contribution in [0.1, 0.15) is 36.7 Å². The summed E-state index contributed by atoms with van der Waals surface area (Å²) in [6.07, 6.45) is 1.62. The Morgan fingerprint density at radius 1 is 1.15 bits per heavy atom. The van der Waals surface area contributed by atoms with Gasteiger partial charge < -0.3 is 10.1 Å². The summed E-state index contributed by atoms with van der Waals surface area (Å²) in [6, 6.07) is 14.9. The molecule has 0 saturated heterocycles. The average Bonchev–Trinajstić information content (AvgIpc) is 3.24. The first-order valence-corrected chi connectivity index (χ1v) is 12.0. The van der Waals surface area contributed by atoms with E-state index in [1.807, 2.05) is 70.2 Å². The topological polar surface area (TPSA) is 90.5 Å². The van der Waals surface area contributed by atoms with Crippen molar-refractivity contribution in [2.45, 2.75) is 44.4 Å². The number of benzene rings is 2. The summed E-state index contributed by atoms with van der Waals surface area (Å²) < 4.78 is 8.95. The molecule has 0 unspecified atom stereocenters. The maximum absolute atomic E-state index is 12.6. The third kappa shape index (κ3) is 5.14. The van der Waals surface area contributed by atoms with E-state index in [1.54, 1.807) is 11.0 Å². The molecule has 9 heteroatoms. The quantitative estimate of drug-likeness (QED) is 0.378. The molecule has 0 aliphatic rings. The van der Waals surface area contributed by atoms with Gasteiger partial charge in [0.15, 0.2) is 6.61 Å². The number of nitrogens with zero attached hydrogens (tertiary/aromatic N) is 4. The molecule has 0 aliphatic heterocycles. The number of aromatic nitrogens is 4. The van der Waals surface area contributed by atoms with E-state index < -0.39 is 0 Å². The maximum atomic E-state index is 12.6. The van der Waals surface area contributed by atoms with E-state index in [9.17, 15) is 9.59 Å². The lowest BCUT2D eigenvalue weighted by Crippen LogP contribution is -2.22. The molecule has 1 N–H and O–H groups in total. The Bertz CT molecular complexity index is 1390. The van der Waals surface area contributed by atoms with E-state index in [0.717, 1.165) is 16.0 Å². The minimum atomic E-state index is -0.244. The van der Waals surface area contributed by atoms with Gasteiger partial charge in [0, 0.05) is 22.8 Å². The Morgan fingerprint density at radius 3 is 2.74 bits per heavy atom. The van der Waals surface area contributed by atoms with Crippen molar-refractivity contribution in [1.29, 1.82) is 0 Å². The van der Waals surface area contributed by atoms with Crippen LogP contribution in [0, 0.1) is 13.8 Å². The lowest BCUT2D eigenvalue weighted by Gasteiger charge is -2.13. The maximum Gasteiger partial charge on any atom is 0.274 e. The predicted molar refractivity (Wildman–Crippen MR) is 134 cm³/mol. The van der Waals surface area contributed by atoms with Crippen molar-refractivity contribution in [3.8, 4) is 5.75 Å². The number of aryl methyl sites for hydroxylation is 1. The molecule has 1 amide bonds. The van der Waals surface area contributed by atoms with Gasteiger partial charge in [-0.05, 0) is 57.0 Å². The van der Waals surface area contributed by atoms with Crippen LogP contribution in [0.25, 0.3) is 5.78 Å². The Kier molecular flexibility index (Phi) is 7.02. The molecule has 0 saturated carbocycles. The molecule has 4 aromatic rings. The van der Waals surface area contributed by atoms with Crippen molar-refractivity contribution in [3.63, 3.8) is 0 Å². The number of hydrogen-bond donors (Lipinski definition) is 1. The number of nitrogens with one attached hydrogen (secondary N) is 1. The number of carbonyl (C=O) groups excluding carboxylic acids is 1. The van der Waals surface area contributed by atoms with Crippen LogP contribution in [-0.4, -0.2) is 31.7 Å². The van der Waals surface area contributed by atoms with E-state index in [-0.39, 0.29) is 24.1 Å². The van der Waals surface area contributed by atoms with Crippen molar-refractivity contribution < 1.29 is 9.53 Å². The predicted octanol–water partition coefficient (Wildman–Crippen LogP) is 4.40. The van der Waals surface area contributed by atoms with Gasteiger partial charge in [0.05, 0.1) is 11.4 Å². The van der Waals surface area contributed by atoms with Crippen LogP contribution in [0.4, 0.5) is 5.69 Å². The molecule has 0 atom stereocenters. The summed E-state index contributed by atoms with van der Waals surface area (Å²) in [7, 11) is 0. The van der Waals surface area contributed by atoms with Crippen LogP contribution in [0.3, 0.4) is 0 Å². The number of carbonyl (C=O) groups is 1. The van der Waals surface area contributed by atoms with Gasteiger partial charge in [0.2, 0.25) is 0 Å². The number of rotatable bonds is 8. The van der Waals surface area contributed by atoms with Gasteiger partial charge in [0.1, 0.15) is 12.1 Å². The van der Waals surface area contributed by atoms with Gasteiger partial charge in [-0.2, -0.15) is 9.50 Å². The minimum Gasteiger partial charge on any atom is -0.483 e. The molecular weight excluding hydrogens is 450 g/mol. The van der Waals surface area contributed by atoms with E-state index in [1.165, 1.54) is 22.3 Å². The normalized spacial score (nSPS) is 11.2. The van der Waals surface area contributed by atoms with E-state index >= 15 is 0 Å². The minimum absolute atomic E-state index is 0.0865. The summed E-state index contributed by atoms with van der Waals surface area (Å²) in [6.45, 7) is 7.85. The zero-order valence-corrected chi connectivity index (χ0v) is 20.4. The first-order valence-electron chi connectivity index (χ1n) is 11.0. The highest BCUT2D eigenvalue weighted by molar-refractivity contribution is 7.98. The van der Waals surface area contributed by atoms with Crippen LogP contribution in [0.15, 0.2) is 64.5 Å². The third-order valence-corrected chi connectivity index (χ3v) is 6.54. The molecule has 2 aromatic carbocycles. The Morgan fingerprint density at radius 2 is 1.94 bits per heavy atom. The standard InChI is InChI=1S/C25H27N5O3S/c1-16(2)29-15-26-25-27-19(12-24(32)30(25)29)14-34-22-11-6-5-9-20(22)28-23(31)13-33-21-10-7-8-17(3)18(21)4/h5-12,15-16H,13-14H2,1-4H3,(H,28,31). The molecule has 4 rings (SSSR count). The largest absolute Gasteiger partial charge is 0.483 e. The second kappa shape index (κ2) is 10.1. The number of thioether (sulfide) groups is 1. The molecule has 0 fully saturated rings. The highest BCUT2D eigenvalue weighted by Gasteiger charge is 2.13. The van der Waals surface area contributed by atoms with Crippen molar-refractivity contribution >= 4 is 29.1 Å². The fourth-order valence-electron chi connectivity index (χ4n) is 3.47. The lowest BCUT2D eigenvalue weighted by atomic mass is 10.1. The second-order valence-electron chi connectivity index (χ2n) is 8.24. The van der Waals surface area contributed by atoms with Crippen molar-refractivity contribution in [3.05, 3.63) is 82.0 Å². The Balaban J connectivity index is 1.43. The van der Waals surface area contributed by atoms with E-state index in [0.29, 0.717) is 28.7 Å². The summed E-state index contributed by atoms with van der Waals surface area (Å²) in [5, 5.41) is 2.92. The fraction of sp³-hybridized carbons (Fsp3) is 0.280. The molecule has 176 valence electrons. The smallest absolute Gasteiger partial charge is 0.274 e. The highest BCUT2D eigenvalue weighted by atomic mass is 32.2. The summed E-state index contributed by atoms with van der Waals surface area (Å²) in [5.74, 6) is 1.30. The zero-order valence-electron chi connectivity index (χ0n) is 19.6. The molecule has 34 heavy (non-hydrogen) atoms. The molecule has 0 aliphatic carbocycles. The fourth-order valence-corrected chi connectivity index (χ4v) is 4.37. The first-order chi connectivity index (χ1) is 16.3. The molecular formula is C25H27N5O3S. The van der Waals surface area contributed by atoms with Crippen LogP contribution < -0.4 is 15.6 Å². The summed E-state index contributed by atoms with van der Waals surface area (Å²) in [5.41, 5.74) is 3.27. The van der Waals surface area contributed by atoms with Crippen LogP contribution in [-0.2, 0) is 10.5 Å². The van der Waals surface area contributed by atoms with Gasteiger partial charge in [-0.15, -0.1) is 11.8 Å². The van der Waals surface area contributed by atoms with Gasteiger partial charge >= 0.3 is 0 Å².